The van der Waals surface area contributed by atoms with Crippen molar-refractivity contribution in [2.75, 3.05) is 4.90 Å². The molecular weight excluding hydrogens is 282 g/mol. The van der Waals surface area contributed by atoms with Gasteiger partial charge in [-0.3, -0.25) is 0 Å². The minimum Gasteiger partial charge on any atom is -0.453 e. The van der Waals surface area contributed by atoms with E-state index in [0.717, 1.165) is 34.1 Å². The maximum atomic E-state index is 6.12. The molecule has 3 aromatic carbocycles. The summed E-state index contributed by atoms with van der Waals surface area (Å²) < 4.78 is 6.12. The molecule has 0 aromatic heterocycles. The van der Waals surface area contributed by atoms with E-state index in [0.29, 0.717) is 0 Å². The molecule has 116 valence electrons. The van der Waals surface area contributed by atoms with Gasteiger partial charge in [0.15, 0.2) is 11.5 Å². The SMILES string of the molecule is CC.Cc1cccc2c1Oc1ccccc1N2c1ccccc1. The van der Waals surface area contributed by atoms with Gasteiger partial charge in [-0.2, -0.15) is 0 Å². The monoisotopic (exact) mass is 303 g/mol. The molecule has 0 atom stereocenters. The molecule has 0 bridgehead atoms. The molecule has 1 aliphatic rings. The highest BCUT2D eigenvalue weighted by atomic mass is 16.5. The zero-order chi connectivity index (χ0) is 16.2. The first-order chi connectivity index (χ1) is 11.3. The van der Waals surface area contributed by atoms with Crippen molar-refractivity contribution in [1.82, 2.24) is 0 Å². The van der Waals surface area contributed by atoms with Gasteiger partial charge in [0.1, 0.15) is 0 Å². The standard InChI is InChI=1S/C19H15NO.C2H6/c1-14-8-7-12-17-19(14)21-18-13-6-5-11-16(18)20(17)15-9-3-2-4-10-15;1-2/h2-13H,1H3;1-2H3. The topological polar surface area (TPSA) is 12.5 Å². The Kier molecular flexibility index (Phi) is 4.33. The normalized spacial score (nSPS) is 11.5. The van der Waals surface area contributed by atoms with Crippen LogP contribution in [-0.2, 0) is 0 Å². The first-order valence-electron chi connectivity index (χ1n) is 8.06. The molecular formula is C21H21NO. The second kappa shape index (κ2) is 6.57. The van der Waals surface area contributed by atoms with Crippen molar-refractivity contribution < 1.29 is 4.74 Å². The van der Waals surface area contributed by atoms with Crippen LogP contribution in [0.4, 0.5) is 17.1 Å². The van der Waals surface area contributed by atoms with Gasteiger partial charge in [0.2, 0.25) is 0 Å². The molecule has 0 amide bonds. The first kappa shape index (κ1) is 15.2. The molecule has 2 heteroatoms. The quantitative estimate of drug-likeness (QED) is 0.393. The van der Waals surface area contributed by atoms with Gasteiger partial charge >= 0.3 is 0 Å². The summed E-state index contributed by atoms with van der Waals surface area (Å²) in [6.45, 7) is 6.08. The Morgan fingerprint density at radius 3 is 2.13 bits per heavy atom. The number of anilines is 3. The van der Waals surface area contributed by atoms with Crippen LogP contribution in [0.1, 0.15) is 19.4 Å². The van der Waals surface area contributed by atoms with Gasteiger partial charge in [0, 0.05) is 5.69 Å². The van der Waals surface area contributed by atoms with E-state index in [1.807, 2.05) is 38.1 Å². The lowest BCUT2D eigenvalue weighted by atomic mass is 10.1. The van der Waals surface area contributed by atoms with Gasteiger partial charge in [-0.15, -0.1) is 0 Å². The minimum atomic E-state index is 0.892. The van der Waals surface area contributed by atoms with Crippen LogP contribution in [-0.4, -0.2) is 0 Å². The third kappa shape index (κ3) is 2.68. The number of benzene rings is 3. The average Bonchev–Trinajstić information content (AvgIpc) is 2.63. The number of nitrogens with zero attached hydrogens (tertiary/aromatic N) is 1. The van der Waals surface area contributed by atoms with E-state index in [1.54, 1.807) is 0 Å². The Labute approximate surface area is 138 Å². The summed E-state index contributed by atoms with van der Waals surface area (Å²) in [5, 5.41) is 0. The van der Waals surface area contributed by atoms with Crippen LogP contribution in [0, 0.1) is 6.92 Å². The smallest absolute Gasteiger partial charge is 0.154 e. The molecule has 3 aromatic rings. The number of ether oxygens (including phenoxy) is 1. The Bertz CT molecular complexity index is 796. The predicted octanol–water partition coefficient (Wildman–Crippen LogP) is 6.60. The fourth-order valence-electron chi connectivity index (χ4n) is 2.77. The van der Waals surface area contributed by atoms with Gasteiger partial charge in [0.05, 0.1) is 11.4 Å². The van der Waals surface area contributed by atoms with E-state index >= 15 is 0 Å². The van der Waals surface area contributed by atoms with Gasteiger partial charge in [-0.25, -0.2) is 0 Å². The van der Waals surface area contributed by atoms with Gasteiger partial charge in [-0.1, -0.05) is 56.3 Å². The molecule has 2 nitrogen and oxygen atoms in total. The van der Waals surface area contributed by atoms with Crippen LogP contribution < -0.4 is 9.64 Å². The van der Waals surface area contributed by atoms with E-state index in [1.165, 1.54) is 0 Å². The lowest BCUT2D eigenvalue weighted by Gasteiger charge is -2.33. The molecule has 23 heavy (non-hydrogen) atoms. The highest BCUT2D eigenvalue weighted by Crippen LogP contribution is 2.51. The molecule has 0 N–H and O–H groups in total. The average molecular weight is 303 g/mol. The molecule has 0 fully saturated rings. The number of fused-ring (bicyclic) bond motifs is 2. The van der Waals surface area contributed by atoms with Crippen LogP contribution in [0.25, 0.3) is 0 Å². The number of hydrogen-bond donors (Lipinski definition) is 0. The van der Waals surface area contributed by atoms with E-state index in [2.05, 4.69) is 60.4 Å². The number of hydrogen-bond acceptors (Lipinski definition) is 2. The Morgan fingerprint density at radius 1 is 0.696 bits per heavy atom. The molecule has 0 aliphatic carbocycles. The second-order valence-electron chi connectivity index (χ2n) is 5.16. The summed E-state index contributed by atoms with van der Waals surface area (Å²) >= 11 is 0. The van der Waals surface area contributed by atoms with Gasteiger partial charge < -0.3 is 9.64 Å². The van der Waals surface area contributed by atoms with Crippen LogP contribution in [0.2, 0.25) is 0 Å². The molecule has 4 rings (SSSR count). The lowest BCUT2D eigenvalue weighted by Crippen LogP contribution is -2.16. The van der Waals surface area contributed by atoms with Crippen LogP contribution in [0.15, 0.2) is 72.8 Å². The van der Waals surface area contributed by atoms with Crippen molar-refractivity contribution in [1.29, 1.82) is 0 Å². The van der Waals surface area contributed by atoms with Crippen molar-refractivity contribution in [2.24, 2.45) is 0 Å². The summed E-state index contributed by atoms with van der Waals surface area (Å²) in [4.78, 5) is 2.25. The Balaban J connectivity index is 0.000000753. The van der Waals surface area contributed by atoms with Crippen molar-refractivity contribution >= 4 is 17.1 Å². The molecule has 1 aliphatic heterocycles. The third-order valence-corrected chi connectivity index (χ3v) is 3.76. The van der Waals surface area contributed by atoms with Crippen molar-refractivity contribution in [3.63, 3.8) is 0 Å². The van der Waals surface area contributed by atoms with E-state index in [-0.39, 0.29) is 0 Å². The zero-order valence-corrected chi connectivity index (χ0v) is 13.8. The zero-order valence-electron chi connectivity index (χ0n) is 13.8. The molecule has 0 unspecified atom stereocenters. The fraction of sp³-hybridized carbons (Fsp3) is 0.143. The summed E-state index contributed by atoms with van der Waals surface area (Å²) in [6.07, 6.45) is 0. The van der Waals surface area contributed by atoms with Crippen LogP contribution >= 0.6 is 0 Å². The summed E-state index contributed by atoms with van der Waals surface area (Å²) in [6, 6.07) is 24.8. The Morgan fingerprint density at radius 2 is 1.35 bits per heavy atom. The maximum Gasteiger partial charge on any atom is 0.154 e. The molecule has 0 saturated carbocycles. The first-order valence-corrected chi connectivity index (χ1v) is 8.06. The minimum absolute atomic E-state index is 0.892. The predicted molar refractivity (Wildman–Crippen MR) is 97.3 cm³/mol. The molecule has 0 spiro atoms. The molecule has 0 radical (unpaired) electrons. The van der Waals surface area contributed by atoms with E-state index in [9.17, 15) is 0 Å². The number of para-hydroxylation sites is 4. The maximum absolute atomic E-state index is 6.12. The van der Waals surface area contributed by atoms with E-state index < -0.39 is 0 Å². The van der Waals surface area contributed by atoms with Crippen molar-refractivity contribution in [2.45, 2.75) is 20.8 Å². The van der Waals surface area contributed by atoms with Crippen LogP contribution in [0.5, 0.6) is 11.5 Å². The summed E-state index contributed by atoms with van der Waals surface area (Å²) in [7, 11) is 0. The lowest BCUT2D eigenvalue weighted by molar-refractivity contribution is 0.473. The highest BCUT2D eigenvalue weighted by molar-refractivity contribution is 5.86. The van der Waals surface area contributed by atoms with Crippen LogP contribution in [0.3, 0.4) is 0 Å². The van der Waals surface area contributed by atoms with E-state index in [4.69, 9.17) is 4.74 Å². The van der Waals surface area contributed by atoms with Gasteiger partial charge in [-0.05, 0) is 42.8 Å². The van der Waals surface area contributed by atoms with Crippen molar-refractivity contribution in [3.8, 4) is 11.5 Å². The number of aryl methyl sites for hydroxylation is 1. The second-order valence-corrected chi connectivity index (χ2v) is 5.16. The fourth-order valence-corrected chi connectivity index (χ4v) is 2.77. The highest BCUT2D eigenvalue weighted by Gasteiger charge is 2.26. The van der Waals surface area contributed by atoms with Crippen molar-refractivity contribution in [3.05, 3.63) is 78.4 Å². The summed E-state index contributed by atoms with van der Waals surface area (Å²) in [5.41, 5.74) is 4.43. The molecule has 0 saturated heterocycles. The number of rotatable bonds is 1. The largest absolute Gasteiger partial charge is 0.453 e. The summed E-state index contributed by atoms with van der Waals surface area (Å²) in [5.74, 6) is 1.82. The third-order valence-electron chi connectivity index (χ3n) is 3.76. The van der Waals surface area contributed by atoms with Gasteiger partial charge in [0.25, 0.3) is 0 Å². The Hall–Kier alpha value is -2.74. The molecule has 1 heterocycles.